The fourth-order valence-electron chi connectivity index (χ4n) is 4.59. The summed E-state index contributed by atoms with van der Waals surface area (Å²) in [5, 5.41) is 11.6. The summed E-state index contributed by atoms with van der Waals surface area (Å²) >= 11 is 30.3. The Morgan fingerprint density at radius 2 is 1.56 bits per heavy atom. The number of hydrogen-bond donors (Lipinski definition) is 3. The molecule has 1 aromatic carbocycles. The maximum absolute atomic E-state index is 6.28. The van der Waals surface area contributed by atoms with E-state index in [1.807, 2.05) is 14.1 Å². The summed E-state index contributed by atoms with van der Waals surface area (Å²) in [5.74, 6) is 1.78. The van der Waals surface area contributed by atoms with Crippen molar-refractivity contribution in [2.75, 3.05) is 29.6 Å². The lowest BCUT2D eigenvalue weighted by atomic mass is 9.91. The number of halogens is 4. The lowest BCUT2D eigenvalue weighted by Gasteiger charge is -2.31. The van der Waals surface area contributed by atoms with E-state index < -0.39 is 0 Å². The second-order valence-corrected chi connectivity index (χ2v) is 11.0. The van der Waals surface area contributed by atoms with E-state index in [0.29, 0.717) is 26.9 Å². The highest BCUT2D eigenvalue weighted by atomic mass is 35.5. The van der Waals surface area contributed by atoms with Crippen molar-refractivity contribution in [3.63, 3.8) is 0 Å². The van der Waals surface area contributed by atoms with Gasteiger partial charge in [0.25, 0.3) is 0 Å². The summed E-state index contributed by atoms with van der Waals surface area (Å²) < 4.78 is 0. The normalized spacial score (nSPS) is 19.8. The van der Waals surface area contributed by atoms with Crippen LogP contribution >= 0.6 is 58.6 Å². The van der Waals surface area contributed by atoms with Gasteiger partial charge in [0, 0.05) is 31.7 Å². The second kappa shape index (κ2) is 11.2. The highest BCUT2D eigenvalue weighted by Crippen LogP contribution is 2.41. The van der Waals surface area contributed by atoms with Crippen LogP contribution in [0.5, 0.6) is 0 Å². The molecule has 2 aliphatic rings. The Hall–Kier alpha value is -1.25. The van der Waals surface area contributed by atoms with Crippen LogP contribution < -0.4 is 20.9 Å². The molecule has 1 aromatic heterocycles. The van der Waals surface area contributed by atoms with Crippen molar-refractivity contribution in [1.29, 1.82) is 0 Å². The number of nitrogens with zero attached hydrogens (tertiary/aromatic N) is 3. The van der Waals surface area contributed by atoms with E-state index in [4.69, 9.17) is 68.6 Å². The summed E-state index contributed by atoms with van der Waals surface area (Å²) in [7, 11) is 4.10. The van der Waals surface area contributed by atoms with Crippen LogP contribution in [0.2, 0.25) is 20.1 Å². The summed E-state index contributed by atoms with van der Waals surface area (Å²) in [6, 6.07) is 2.08. The number of hydrogen-bond acceptors (Lipinski definition) is 5. The van der Waals surface area contributed by atoms with Crippen LogP contribution in [-0.2, 0) is 12.8 Å². The third-order valence-corrected chi connectivity index (χ3v) is 8.13. The van der Waals surface area contributed by atoms with Crippen LogP contribution in [-0.4, -0.2) is 41.3 Å². The maximum Gasteiger partial charge on any atom is 0.225 e. The third-order valence-electron chi connectivity index (χ3n) is 6.33. The molecule has 0 atom stereocenters. The Labute approximate surface area is 226 Å². The van der Waals surface area contributed by atoms with Gasteiger partial charge in [-0.05, 0) is 69.7 Å². The fourth-order valence-corrected chi connectivity index (χ4v) is 5.76. The SMILES string of the molecule is CN(C)c1nc(NC2CCC(NC(=S)Nc3c(Cl)c(Cl)cc(Cl)c3Cl)CC2)nc2c1CCCC2. The first-order valence-corrected chi connectivity index (χ1v) is 13.4. The minimum absolute atomic E-state index is 0.243. The van der Waals surface area contributed by atoms with Crippen LogP contribution in [0.15, 0.2) is 6.07 Å². The van der Waals surface area contributed by atoms with E-state index in [0.717, 1.165) is 50.3 Å². The molecule has 3 N–H and O–H groups in total. The number of aryl methyl sites for hydroxylation is 1. The summed E-state index contributed by atoms with van der Waals surface area (Å²) in [5.41, 5.74) is 2.91. The van der Waals surface area contributed by atoms with Crippen molar-refractivity contribution < 1.29 is 0 Å². The highest BCUT2D eigenvalue weighted by Gasteiger charge is 2.25. The Morgan fingerprint density at radius 3 is 2.21 bits per heavy atom. The van der Waals surface area contributed by atoms with E-state index in [2.05, 4.69) is 20.9 Å². The molecule has 6 nitrogen and oxygen atoms in total. The number of benzene rings is 1. The first-order valence-electron chi connectivity index (χ1n) is 11.5. The molecule has 0 bridgehead atoms. The van der Waals surface area contributed by atoms with Gasteiger partial charge in [0.1, 0.15) is 5.82 Å². The molecular weight excluding hydrogens is 534 g/mol. The van der Waals surface area contributed by atoms with Crippen LogP contribution in [0, 0.1) is 0 Å². The van der Waals surface area contributed by atoms with Gasteiger partial charge in [0.15, 0.2) is 5.11 Å². The molecule has 0 amide bonds. The number of fused-ring (bicyclic) bond motifs is 1. The first kappa shape index (κ1) is 25.8. The van der Waals surface area contributed by atoms with Crippen LogP contribution in [0.1, 0.15) is 49.8 Å². The van der Waals surface area contributed by atoms with Crippen molar-refractivity contribution >= 4 is 81.2 Å². The number of anilines is 3. The monoisotopic (exact) mass is 560 g/mol. The number of rotatable bonds is 5. The molecule has 2 aliphatic carbocycles. The topological polar surface area (TPSA) is 65.1 Å². The first-order chi connectivity index (χ1) is 16.2. The van der Waals surface area contributed by atoms with Gasteiger partial charge in [0.2, 0.25) is 5.95 Å². The van der Waals surface area contributed by atoms with Crippen molar-refractivity contribution in [1.82, 2.24) is 15.3 Å². The highest BCUT2D eigenvalue weighted by molar-refractivity contribution is 7.80. The van der Waals surface area contributed by atoms with E-state index >= 15 is 0 Å². The smallest absolute Gasteiger partial charge is 0.225 e. The van der Waals surface area contributed by atoms with E-state index in [9.17, 15) is 0 Å². The Kier molecular flexibility index (Phi) is 8.52. The zero-order chi connectivity index (χ0) is 24.4. The predicted molar refractivity (Wildman–Crippen MR) is 149 cm³/mol. The predicted octanol–water partition coefficient (Wildman–Crippen LogP) is 6.74. The molecular formula is C23H28Cl4N6S. The molecule has 11 heteroatoms. The molecule has 1 heterocycles. The average Bonchev–Trinajstić information content (AvgIpc) is 2.81. The van der Waals surface area contributed by atoms with Gasteiger partial charge in [-0.15, -0.1) is 0 Å². The van der Waals surface area contributed by atoms with Crippen molar-refractivity contribution in [2.45, 2.75) is 63.5 Å². The maximum atomic E-state index is 6.28. The molecule has 184 valence electrons. The third kappa shape index (κ3) is 5.93. The van der Waals surface area contributed by atoms with Crippen molar-refractivity contribution in [3.05, 3.63) is 37.4 Å². The van der Waals surface area contributed by atoms with E-state index in [-0.39, 0.29) is 16.1 Å². The standard InChI is InChI=1S/C23H28Cl4N6S/c1-33(2)21-14-5-3-4-6-17(14)30-22(32-21)28-12-7-9-13(10-8-12)29-23(34)31-20-18(26)15(24)11-16(25)19(20)27/h11-13H,3-10H2,1-2H3,(H,28,30,32)(H2,29,31,34). The van der Waals surface area contributed by atoms with Gasteiger partial charge in [-0.1, -0.05) is 46.4 Å². The second-order valence-electron chi connectivity index (χ2n) is 9.03. The Morgan fingerprint density at radius 1 is 0.941 bits per heavy atom. The Bertz CT molecular complexity index is 1050. The molecule has 1 saturated carbocycles. The fraction of sp³-hybridized carbons (Fsp3) is 0.522. The number of thiocarbonyl (C=S) groups is 1. The molecule has 0 saturated heterocycles. The van der Waals surface area contributed by atoms with E-state index in [1.165, 1.54) is 30.2 Å². The summed E-state index contributed by atoms with van der Waals surface area (Å²) in [6.07, 6.45) is 8.39. The molecule has 1 fully saturated rings. The molecule has 0 spiro atoms. The van der Waals surface area contributed by atoms with Crippen LogP contribution in [0.4, 0.5) is 17.5 Å². The molecule has 4 rings (SSSR count). The minimum Gasteiger partial charge on any atom is -0.362 e. The van der Waals surface area contributed by atoms with Gasteiger partial charge in [-0.2, -0.15) is 4.98 Å². The van der Waals surface area contributed by atoms with Crippen LogP contribution in [0.25, 0.3) is 0 Å². The lowest BCUT2D eigenvalue weighted by molar-refractivity contribution is 0.387. The van der Waals surface area contributed by atoms with Gasteiger partial charge < -0.3 is 20.9 Å². The Balaban J connectivity index is 1.33. The van der Waals surface area contributed by atoms with Crippen LogP contribution in [0.3, 0.4) is 0 Å². The summed E-state index contributed by atoms with van der Waals surface area (Å²) in [4.78, 5) is 11.8. The van der Waals surface area contributed by atoms with Gasteiger partial charge in [-0.25, -0.2) is 4.98 Å². The lowest BCUT2D eigenvalue weighted by Crippen LogP contribution is -2.42. The molecule has 34 heavy (non-hydrogen) atoms. The number of nitrogens with one attached hydrogen (secondary N) is 3. The largest absolute Gasteiger partial charge is 0.362 e. The molecule has 0 radical (unpaired) electrons. The summed E-state index contributed by atoms with van der Waals surface area (Å²) in [6.45, 7) is 0. The van der Waals surface area contributed by atoms with Gasteiger partial charge in [0.05, 0.1) is 31.5 Å². The quantitative estimate of drug-likeness (QED) is 0.276. The number of aromatic nitrogens is 2. The zero-order valence-corrected chi connectivity index (χ0v) is 23.0. The van der Waals surface area contributed by atoms with Crippen molar-refractivity contribution in [2.24, 2.45) is 0 Å². The molecule has 2 aromatic rings. The molecule has 0 aliphatic heterocycles. The average molecular weight is 562 g/mol. The van der Waals surface area contributed by atoms with Gasteiger partial charge in [-0.3, -0.25) is 0 Å². The molecule has 0 unspecified atom stereocenters. The zero-order valence-electron chi connectivity index (χ0n) is 19.2. The van der Waals surface area contributed by atoms with Crippen molar-refractivity contribution in [3.8, 4) is 0 Å². The van der Waals surface area contributed by atoms with E-state index in [1.54, 1.807) is 0 Å². The van der Waals surface area contributed by atoms with Gasteiger partial charge >= 0.3 is 0 Å². The minimum atomic E-state index is 0.243.